The van der Waals surface area contributed by atoms with Gasteiger partial charge in [-0.05, 0) is 24.3 Å². The Morgan fingerprint density at radius 2 is 1.37 bits per heavy atom. The molecule has 2 bridgehead atoms. The predicted molar refractivity (Wildman–Crippen MR) is 102 cm³/mol. The molecule has 2 aromatic carbocycles. The van der Waals surface area contributed by atoms with Crippen LogP contribution < -0.4 is 0 Å². The Morgan fingerprint density at radius 1 is 0.933 bits per heavy atom. The molecule has 0 aliphatic carbocycles. The summed E-state index contributed by atoms with van der Waals surface area (Å²) < 4.78 is 55.4. The standard InChI is InChI=1S/C23H23F3NO3/c1-27(2)18-11-17(12-19(27)21-20(18)30-21)29-22(28)23(26,13-3-7-15(24)8-4-13)14-5-9-16(25)10-6-14/h3-10,17-21H,11-12H2,1-2H3/q+1/t17?,18-,19?,20+,21?/m0/s1. The summed E-state index contributed by atoms with van der Waals surface area (Å²) in [6.45, 7) is 0. The van der Waals surface area contributed by atoms with E-state index >= 15 is 4.39 Å². The number of esters is 1. The van der Waals surface area contributed by atoms with Crippen LogP contribution in [0.3, 0.4) is 0 Å². The molecule has 3 heterocycles. The van der Waals surface area contributed by atoms with Crippen LogP contribution in [-0.2, 0) is 19.9 Å². The first-order valence-corrected chi connectivity index (χ1v) is 10.1. The molecule has 5 rings (SSSR count). The minimum absolute atomic E-state index is 0.0541. The highest BCUT2D eigenvalue weighted by Crippen LogP contribution is 2.52. The second-order valence-corrected chi connectivity index (χ2v) is 9.00. The summed E-state index contributed by atoms with van der Waals surface area (Å²) in [5.74, 6) is -2.15. The van der Waals surface area contributed by atoms with Gasteiger partial charge < -0.3 is 14.0 Å². The molecule has 3 aliphatic heterocycles. The average Bonchev–Trinajstić information content (AvgIpc) is 3.47. The maximum Gasteiger partial charge on any atom is 0.353 e. The largest absolute Gasteiger partial charge is 0.459 e. The Balaban J connectivity index is 1.44. The summed E-state index contributed by atoms with van der Waals surface area (Å²) in [4.78, 5) is 13.2. The normalized spacial score (nSPS) is 31.2. The third-order valence-corrected chi connectivity index (χ3v) is 7.08. The highest BCUT2D eigenvalue weighted by atomic mass is 19.1. The van der Waals surface area contributed by atoms with Crippen LogP contribution in [0, 0.1) is 11.6 Å². The van der Waals surface area contributed by atoms with Gasteiger partial charge in [-0.3, -0.25) is 0 Å². The Kier molecular flexibility index (Phi) is 4.28. The summed E-state index contributed by atoms with van der Waals surface area (Å²) in [7, 11) is 4.30. The summed E-state index contributed by atoms with van der Waals surface area (Å²) in [6.07, 6.45) is 1.13. The van der Waals surface area contributed by atoms with Gasteiger partial charge in [-0.1, -0.05) is 24.3 Å². The molecular formula is C23H23F3NO3+. The van der Waals surface area contributed by atoms with Crippen LogP contribution >= 0.6 is 0 Å². The number of rotatable bonds is 4. The Bertz CT molecular complexity index is 911. The third-order valence-electron chi connectivity index (χ3n) is 7.08. The fourth-order valence-electron chi connectivity index (χ4n) is 5.30. The van der Waals surface area contributed by atoms with E-state index in [1.807, 2.05) is 0 Å². The van der Waals surface area contributed by atoms with Gasteiger partial charge in [0.15, 0.2) is 0 Å². The number of quaternary nitrogens is 1. The van der Waals surface area contributed by atoms with E-state index in [-0.39, 0.29) is 35.4 Å². The van der Waals surface area contributed by atoms with Gasteiger partial charge in [0.25, 0.3) is 5.67 Å². The van der Waals surface area contributed by atoms with Gasteiger partial charge in [0.05, 0.1) is 14.1 Å². The minimum atomic E-state index is -2.66. The Morgan fingerprint density at radius 3 is 1.80 bits per heavy atom. The van der Waals surface area contributed by atoms with E-state index < -0.39 is 29.4 Å². The van der Waals surface area contributed by atoms with Crippen molar-refractivity contribution in [2.45, 2.75) is 48.9 Å². The smallest absolute Gasteiger partial charge is 0.353 e. The zero-order valence-electron chi connectivity index (χ0n) is 16.7. The van der Waals surface area contributed by atoms with Crippen LogP contribution in [0.1, 0.15) is 24.0 Å². The number of carbonyl (C=O) groups excluding carboxylic acids is 1. The molecule has 0 spiro atoms. The molecule has 2 aromatic rings. The van der Waals surface area contributed by atoms with Crippen LogP contribution in [0.5, 0.6) is 0 Å². The number of benzene rings is 2. The summed E-state index contributed by atoms with van der Waals surface area (Å²) >= 11 is 0. The molecule has 3 aliphatic rings. The molecular weight excluding hydrogens is 395 g/mol. The first-order chi connectivity index (χ1) is 14.2. The van der Waals surface area contributed by atoms with Crippen molar-refractivity contribution in [1.82, 2.24) is 0 Å². The minimum Gasteiger partial charge on any atom is -0.459 e. The number of hydrogen-bond donors (Lipinski definition) is 0. The summed E-state index contributed by atoms with van der Waals surface area (Å²) in [6, 6.07) is 9.63. The van der Waals surface area contributed by atoms with Crippen molar-refractivity contribution >= 4 is 5.97 Å². The van der Waals surface area contributed by atoms with E-state index in [9.17, 15) is 13.6 Å². The van der Waals surface area contributed by atoms with Crippen molar-refractivity contribution in [2.24, 2.45) is 0 Å². The number of piperidine rings is 1. The van der Waals surface area contributed by atoms with Gasteiger partial charge in [-0.2, -0.15) is 0 Å². The van der Waals surface area contributed by atoms with Crippen molar-refractivity contribution in [3.05, 3.63) is 71.3 Å². The van der Waals surface area contributed by atoms with Crippen molar-refractivity contribution in [1.29, 1.82) is 0 Å². The number of nitrogens with zero attached hydrogens (tertiary/aromatic N) is 1. The third kappa shape index (κ3) is 2.87. The summed E-state index contributed by atoms with van der Waals surface area (Å²) in [5, 5.41) is 0. The van der Waals surface area contributed by atoms with E-state index in [1.54, 1.807) is 0 Å². The topological polar surface area (TPSA) is 38.8 Å². The first kappa shape index (κ1) is 19.6. The lowest BCUT2D eigenvalue weighted by atomic mass is 9.87. The average molecular weight is 418 g/mol. The molecule has 158 valence electrons. The second kappa shape index (κ2) is 6.56. The molecule has 3 unspecified atom stereocenters. The molecule has 0 saturated carbocycles. The van der Waals surface area contributed by atoms with Crippen LogP contribution in [0.15, 0.2) is 48.5 Å². The maximum atomic E-state index is 16.4. The molecule has 30 heavy (non-hydrogen) atoms. The van der Waals surface area contributed by atoms with Crippen molar-refractivity contribution in [3.8, 4) is 0 Å². The number of fused-ring (bicyclic) bond motifs is 5. The van der Waals surface area contributed by atoms with E-state index in [1.165, 1.54) is 24.3 Å². The highest BCUT2D eigenvalue weighted by molar-refractivity contribution is 5.85. The van der Waals surface area contributed by atoms with Crippen molar-refractivity contribution in [3.63, 3.8) is 0 Å². The van der Waals surface area contributed by atoms with Gasteiger partial charge in [0, 0.05) is 24.0 Å². The number of ether oxygens (including phenoxy) is 2. The fraction of sp³-hybridized carbons (Fsp3) is 0.435. The zero-order valence-corrected chi connectivity index (χ0v) is 16.7. The quantitative estimate of drug-likeness (QED) is 0.434. The number of morpholine rings is 1. The van der Waals surface area contributed by atoms with Crippen LogP contribution in [0.4, 0.5) is 13.2 Å². The van der Waals surface area contributed by atoms with Crippen molar-refractivity contribution in [2.75, 3.05) is 14.1 Å². The lowest BCUT2D eigenvalue weighted by molar-refractivity contribution is -0.938. The van der Waals surface area contributed by atoms with Gasteiger partial charge in [-0.25, -0.2) is 18.0 Å². The highest BCUT2D eigenvalue weighted by Gasteiger charge is 2.71. The maximum absolute atomic E-state index is 16.4. The molecule has 4 nitrogen and oxygen atoms in total. The fourth-order valence-corrected chi connectivity index (χ4v) is 5.30. The van der Waals surface area contributed by atoms with Gasteiger partial charge in [0.1, 0.15) is 42.0 Å². The number of halogens is 3. The molecule has 0 amide bonds. The molecule has 7 heteroatoms. The van der Waals surface area contributed by atoms with E-state index in [2.05, 4.69) is 14.1 Å². The van der Waals surface area contributed by atoms with E-state index in [4.69, 9.17) is 9.47 Å². The van der Waals surface area contributed by atoms with E-state index in [0.717, 1.165) is 28.7 Å². The Labute approximate surface area is 172 Å². The number of epoxide rings is 1. The van der Waals surface area contributed by atoms with Crippen LogP contribution in [0.2, 0.25) is 0 Å². The lowest BCUT2D eigenvalue weighted by Crippen LogP contribution is -2.60. The molecule has 3 saturated heterocycles. The van der Waals surface area contributed by atoms with Crippen molar-refractivity contribution < 1.29 is 31.9 Å². The van der Waals surface area contributed by atoms with E-state index in [0.29, 0.717) is 12.8 Å². The molecule has 0 radical (unpaired) electrons. The molecule has 0 N–H and O–H groups in total. The van der Waals surface area contributed by atoms with Gasteiger partial charge in [0.2, 0.25) is 0 Å². The van der Waals surface area contributed by atoms with Gasteiger partial charge in [-0.15, -0.1) is 0 Å². The monoisotopic (exact) mass is 418 g/mol. The number of likely N-dealkylation sites (N-methyl/N-ethyl adjacent to an activating group) is 1. The SMILES string of the molecule is C[N+]1(C)C2CC(OC(=O)C(F)(c3ccc(F)cc3)c3ccc(F)cc3)C[C@H]1[C@H]1OC21. The molecule has 5 atom stereocenters. The van der Waals surface area contributed by atoms with Crippen LogP contribution in [-0.4, -0.2) is 54.9 Å². The second-order valence-electron chi connectivity index (χ2n) is 9.00. The Hall–Kier alpha value is -2.38. The van der Waals surface area contributed by atoms with Gasteiger partial charge >= 0.3 is 5.97 Å². The first-order valence-electron chi connectivity index (χ1n) is 10.1. The van der Waals surface area contributed by atoms with Crippen LogP contribution in [0.25, 0.3) is 0 Å². The molecule has 3 fully saturated rings. The molecule has 0 aromatic heterocycles. The number of hydrogen-bond acceptors (Lipinski definition) is 3. The zero-order chi connectivity index (χ0) is 21.3. The number of carbonyl (C=O) groups is 1. The lowest BCUT2D eigenvalue weighted by Gasteiger charge is -2.45. The number of alkyl halides is 1. The summed E-state index contributed by atoms with van der Waals surface area (Å²) in [5.41, 5.74) is -2.77. The predicted octanol–water partition coefficient (Wildman–Crippen LogP) is 3.48.